The van der Waals surface area contributed by atoms with Crippen LogP contribution in [0.25, 0.3) is 0 Å². The molecule has 0 heterocycles. The van der Waals surface area contributed by atoms with Crippen molar-refractivity contribution in [2.24, 2.45) is 0 Å². The molecule has 0 bridgehead atoms. The smallest absolute Gasteiger partial charge is 0.333 e. The molecule has 0 aromatic heterocycles. The molecule has 0 fully saturated rings. The minimum Gasteiger partial charge on any atom is -0.466 e. The monoisotopic (exact) mass is 184 g/mol. The van der Waals surface area contributed by atoms with Crippen molar-refractivity contribution in [1.82, 2.24) is 0 Å². The number of carbonyl (C=O) groups is 1. The van der Waals surface area contributed by atoms with Gasteiger partial charge in [0.15, 0.2) is 0 Å². The summed E-state index contributed by atoms with van der Waals surface area (Å²) in [5, 5.41) is 0. The highest BCUT2D eigenvalue weighted by molar-refractivity contribution is 5.87. The van der Waals surface area contributed by atoms with Gasteiger partial charge in [0.1, 0.15) is 0 Å². The topological polar surface area (TPSA) is 26.3 Å². The Balaban J connectivity index is 3.53. The van der Waals surface area contributed by atoms with E-state index in [4.69, 9.17) is 0 Å². The fourth-order valence-corrected chi connectivity index (χ4v) is 1.13. The van der Waals surface area contributed by atoms with Gasteiger partial charge in [0.2, 0.25) is 0 Å². The zero-order valence-corrected chi connectivity index (χ0v) is 8.93. The zero-order valence-electron chi connectivity index (χ0n) is 8.93. The Morgan fingerprint density at radius 2 is 2.00 bits per heavy atom. The quantitative estimate of drug-likeness (QED) is 0.360. The molecule has 76 valence electrons. The van der Waals surface area contributed by atoms with E-state index in [1.807, 2.05) is 6.08 Å². The number of rotatable bonds is 6. The number of hydrogen-bond donors (Lipinski definition) is 0. The van der Waals surface area contributed by atoms with Crippen LogP contribution in [0.15, 0.2) is 11.6 Å². The van der Waals surface area contributed by atoms with Crippen LogP contribution in [0, 0.1) is 0 Å². The second-order valence-electron chi connectivity index (χ2n) is 3.23. The van der Waals surface area contributed by atoms with Crippen molar-refractivity contribution in [3.8, 4) is 0 Å². The Bertz CT molecular complexity index is 171. The van der Waals surface area contributed by atoms with E-state index in [0.29, 0.717) is 0 Å². The van der Waals surface area contributed by atoms with Gasteiger partial charge in [-0.25, -0.2) is 4.79 Å². The molecule has 0 aliphatic rings. The molecule has 0 spiro atoms. The lowest BCUT2D eigenvalue weighted by Crippen LogP contribution is -2.01. The van der Waals surface area contributed by atoms with Crippen LogP contribution < -0.4 is 0 Å². The number of methoxy groups -OCH3 is 1. The Morgan fingerprint density at radius 1 is 1.31 bits per heavy atom. The maximum Gasteiger partial charge on any atom is 0.333 e. The Hall–Kier alpha value is -0.790. The van der Waals surface area contributed by atoms with Crippen molar-refractivity contribution in [2.75, 3.05) is 7.11 Å². The molecule has 0 aromatic carbocycles. The van der Waals surface area contributed by atoms with Gasteiger partial charge >= 0.3 is 5.97 Å². The fourth-order valence-electron chi connectivity index (χ4n) is 1.13. The molecule has 0 unspecified atom stereocenters. The molecule has 0 aliphatic heterocycles. The second kappa shape index (κ2) is 7.84. The predicted octanol–water partition coefficient (Wildman–Crippen LogP) is 3.08. The lowest BCUT2D eigenvalue weighted by molar-refractivity contribution is -0.136. The summed E-state index contributed by atoms with van der Waals surface area (Å²) in [5.41, 5.74) is 0.721. The number of carbonyl (C=O) groups excluding carboxylic acids is 1. The van der Waals surface area contributed by atoms with Gasteiger partial charge in [0.25, 0.3) is 0 Å². The lowest BCUT2D eigenvalue weighted by atomic mass is 10.1. The number of ether oxygens (including phenoxy) is 1. The van der Waals surface area contributed by atoms with E-state index >= 15 is 0 Å². The van der Waals surface area contributed by atoms with Crippen LogP contribution in [0.4, 0.5) is 0 Å². The summed E-state index contributed by atoms with van der Waals surface area (Å²) in [5.74, 6) is -0.213. The van der Waals surface area contributed by atoms with Gasteiger partial charge in [-0.1, -0.05) is 32.3 Å². The van der Waals surface area contributed by atoms with E-state index in [-0.39, 0.29) is 5.97 Å². The van der Waals surface area contributed by atoms with Crippen LogP contribution >= 0.6 is 0 Å². The van der Waals surface area contributed by atoms with Crippen molar-refractivity contribution >= 4 is 5.97 Å². The molecule has 0 amide bonds. The second-order valence-corrected chi connectivity index (χ2v) is 3.23. The van der Waals surface area contributed by atoms with E-state index < -0.39 is 0 Å². The van der Waals surface area contributed by atoms with Gasteiger partial charge in [-0.15, -0.1) is 0 Å². The number of unbranched alkanes of at least 4 members (excludes halogenated alkanes) is 4. The summed E-state index contributed by atoms with van der Waals surface area (Å²) in [4.78, 5) is 10.9. The Morgan fingerprint density at radius 3 is 2.54 bits per heavy atom. The molecule has 0 N–H and O–H groups in total. The number of allylic oxidation sites excluding steroid dienone is 1. The van der Waals surface area contributed by atoms with E-state index in [0.717, 1.165) is 12.0 Å². The van der Waals surface area contributed by atoms with Gasteiger partial charge in [-0.2, -0.15) is 0 Å². The lowest BCUT2D eigenvalue weighted by Gasteiger charge is -1.98. The van der Waals surface area contributed by atoms with E-state index in [1.54, 1.807) is 6.92 Å². The first-order chi connectivity index (χ1) is 6.22. The standard InChI is InChI=1S/C11H20O2/c1-4-5-6-7-8-9-10(2)11(12)13-3/h9H,4-8H2,1-3H3. The van der Waals surface area contributed by atoms with Crippen LogP contribution in [0.1, 0.15) is 46.0 Å². The highest BCUT2D eigenvalue weighted by atomic mass is 16.5. The average molecular weight is 184 g/mol. The van der Waals surface area contributed by atoms with Gasteiger partial charge in [0, 0.05) is 5.57 Å². The van der Waals surface area contributed by atoms with Gasteiger partial charge in [0.05, 0.1) is 7.11 Å². The minimum absolute atomic E-state index is 0.213. The third-order valence-electron chi connectivity index (χ3n) is 2.02. The van der Waals surface area contributed by atoms with Crippen molar-refractivity contribution < 1.29 is 9.53 Å². The first kappa shape index (κ1) is 12.2. The summed E-state index contributed by atoms with van der Waals surface area (Å²) >= 11 is 0. The molecule has 0 radical (unpaired) electrons. The van der Waals surface area contributed by atoms with Gasteiger partial charge in [-0.3, -0.25) is 0 Å². The summed E-state index contributed by atoms with van der Waals surface area (Å²) in [6.07, 6.45) is 7.90. The molecule has 0 saturated carbocycles. The highest BCUT2D eigenvalue weighted by Crippen LogP contribution is 2.05. The average Bonchev–Trinajstić information content (AvgIpc) is 2.16. The van der Waals surface area contributed by atoms with Crippen LogP contribution in [-0.4, -0.2) is 13.1 Å². The number of esters is 1. The molecule has 2 heteroatoms. The minimum atomic E-state index is -0.213. The third-order valence-corrected chi connectivity index (χ3v) is 2.02. The van der Waals surface area contributed by atoms with Crippen LogP contribution in [0.5, 0.6) is 0 Å². The first-order valence-corrected chi connectivity index (χ1v) is 4.97. The molecule has 0 aliphatic carbocycles. The van der Waals surface area contributed by atoms with Crippen LogP contribution in [-0.2, 0) is 9.53 Å². The van der Waals surface area contributed by atoms with E-state index in [1.165, 1.54) is 32.8 Å². The van der Waals surface area contributed by atoms with E-state index in [2.05, 4.69) is 11.7 Å². The largest absolute Gasteiger partial charge is 0.466 e. The van der Waals surface area contributed by atoms with Crippen LogP contribution in [0.2, 0.25) is 0 Å². The van der Waals surface area contributed by atoms with Crippen LogP contribution in [0.3, 0.4) is 0 Å². The maximum absolute atomic E-state index is 10.9. The molecular weight excluding hydrogens is 164 g/mol. The fraction of sp³-hybridized carbons (Fsp3) is 0.727. The van der Waals surface area contributed by atoms with Crippen molar-refractivity contribution in [2.45, 2.75) is 46.0 Å². The molecule has 0 rings (SSSR count). The third kappa shape index (κ3) is 6.38. The Labute approximate surface area is 81.0 Å². The SMILES string of the molecule is CCCCCCC=C(C)C(=O)OC. The molecule has 13 heavy (non-hydrogen) atoms. The normalized spacial score (nSPS) is 11.5. The highest BCUT2D eigenvalue weighted by Gasteiger charge is 2.00. The predicted molar refractivity (Wildman–Crippen MR) is 54.5 cm³/mol. The van der Waals surface area contributed by atoms with E-state index in [9.17, 15) is 4.79 Å². The van der Waals surface area contributed by atoms with Gasteiger partial charge < -0.3 is 4.74 Å². The molecule has 0 aromatic rings. The van der Waals surface area contributed by atoms with Crippen molar-refractivity contribution in [1.29, 1.82) is 0 Å². The van der Waals surface area contributed by atoms with Crippen molar-refractivity contribution in [3.05, 3.63) is 11.6 Å². The zero-order chi connectivity index (χ0) is 10.1. The summed E-state index contributed by atoms with van der Waals surface area (Å²) in [7, 11) is 1.41. The first-order valence-electron chi connectivity index (χ1n) is 4.97. The maximum atomic E-state index is 10.9. The summed E-state index contributed by atoms with van der Waals surface area (Å²) < 4.78 is 4.58. The molecule has 2 nitrogen and oxygen atoms in total. The molecular formula is C11H20O2. The Kier molecular flexibility index (Phi) is 7.36. The van der Waals surface area contributed by atoms with Gasteiger partial charge in [-0.05, 0) is 19.8 Å². The summed E-state index contributed by atoms with van der Waals surface area (Å²) in [6.45, 7) is 3.99. The van der Waals surface area contributed by atoms with Crippen molar-refractivity contribution in [3.63, 3.8) is 0 Å². The molecule has 0 saturated heterocycles. The molecule has 0 atom stereocenters. The number of hydrogen-bond acceptors (Lipinski definition) is 2. The summed E-state index contributed by atoms with van der Waals surface area (Å²) in [6, 6.07) is 0.